The molecule has 9 nitrogen and oxygen atoms in total. The molecule has 2 unspecified atom stereocenters. The van der Waals surface area contributed by atoms with Gasteiger partial charge in [0.2, 0.25) is 0 Å². The van der Waals surface area contributed by atoms with Gasteiger partial charge in [0.1, 0.15) is 13.2 Å². The van der Waals surface area contributed by atoms with Crippen LogP contribution in [0.25, 0.3) is 0 Å². The molecule has 0 fully saturated rings. The molecular weight excluding hydrogens is 1020 g/mol. The molecule has 0 N–H and O–H groups in total. The Morgan fingerprint density at radius 2 is 0.695 bits per heavy atom. The number of quaternary nitrogens is 1. The Balaban J connectivity index is 4.11. The van der Waals surface area contributed by atoms with Gasteiger partial charge in [-0.3, -0.25) is 9.59 Å². The standard InChI is InChI=1S/C73H123NO8/c1-6-8-10-12-14-16-18-20-22-24-26-27-28-29-30-31-32-33-34-35-36-37-38-39-40-41-42-43-44-45-46-48-50-52-54-56-58-60-62-64-71(76)82-69(68-81-73(72(77)78)79-66-65-74(3,4)5)67-80-70(75)63-61-59-57-55-53-51-49-47-25-23-21-19-17-15-13-11-9-7-2/h8,10,14,16-17,19-20,22-23,25-27,29-30,32-33,35-36,38-39,69,73H,6-7,9,11-13,15,18,21,24,28,31,34,37,40-68H2,1-5H3/b10-8-,16-14-,19-17-,22-20-,25-23-,27-26-,30-29-,33-32-,36-35-,39-38-. The van der Waals surface area contributed by atoms with Crippen molar-refractivity contribution in [1.82, 2.24) is 0 Å². The second-order valence-corrected chi connectivity index (χ2v) is 23.0. The van der Waals surface area contributed by atoms with Crippen LogP contribution in [0, 0.1) is 0 Å². The second-order valence-electron chi connectivity index (χ2n) is 23.0. The first-order valence-electron chi connectivity index (χ1n) is 33.2. The number of rotatable bonds is 60. The van der Waals surface area contributed by atoms with Crippen LogP contribution in [0.4, 0.5) is 0 Å². The number of allylic oxidation sites excluding steroid dienone is 20. The quantitative estimate of drug-likeness (QED) is 0.0195. The van der Waals surface area contributed by atoms with Gasteiger partial charge in [0.05, 0.1) is 40.3 Å². The van der Waals surface area contributed by atoms with Crippen molar-refractivity contribution in [2.45, 2.75) is 277 Å². The molecule has 0 radical (unpaired) electrons. The number of ether oxygens (including phenoxy) is 4. The monoisotopic (exact) mass is 1140 g/mol. The number of hydrogen-bond donors (Lipinski definition) is 0. The van der Waals surface area contributed by atoms with E-state index in [9.17, 15) is 19.5 Å². The van der Waals surface area contributed by atoms with Crippen LogP contribution in [-0.4, -0.2) is 82.3 Å². The molecule has 0 rings (SSSR count). The number of esters is 2. The van der Waals surface area contributed by atoms with Crippen LogP contribution in [-0.2, 0) is 33.3 Å². The summed E-state index contributed by atoms with van der Waals surface area (Å²) in [6.07, 6.45) is 85.5. The van der Waals surface area contributed by atoms with Gasteiger partial charge in [-0.25, -0.2) is 0 Å². The predicted octanol–water partition coefficient (Wildman–Crippen LogP) is 19.1. The van der Waals surface area contributed by atoms with E-state index in [1.165, 1.54) is 122 Å². The zero-order chi connectivity index (χ0) is 59.8. The minimum Gasteiger partial charge on any atom is -0.545 e. The first-order chi connectivity index (χ1) is 40.1. The van der Waals surface area contributed by atoms with Crippen LogP contribution in [0.2, 0.25) is 0 Å². The fourth-order valence-corrected chi connectivity index (χ4v) is 8.88. The molecule has 0 aromatic carbocycles. The van der Waals surface area contributed by atoms with Crippen molar-refractivity contribution in [2.75, 3.05) is 47.5 Å². The lowest BCUT2D eigenvalue weighted by Crippen LogP contribution is -2.44. The highest BCUT2D eigenvalue weighted by Crippen LogP contribution is 2.16. The van der Waals surface area contributed by atoms with Crippen LogP contribution in [0.1, 0.15) is 264 Å². The summed E-state index contributed by atoms with van der Waals surface area (Å²) in [5, 5.41) is 11.8. The average molecular weight is 1140 g/mol. The molecule has 0 aliphatic heterocycles. The summed E-state index contributed by atoms with van der Waals surface area (Å²) in [5.74, 6) is -2.30. The van der Waals surface area contributed by atoms with Crippen molar-refractivity contribution in [3.8, 4) is 0 Å². The summed E-state index contributed by atoms with van der Waals surface area (Å²) in [4.78, 5) is 37.4. The number of carboxylic acid groups (broad SMARTS) is 1. The topological polar surface area (TPSA) is 111 Å². The Bertz CT molecular complexity index is 1760. The van der Waals surface area contributed by atoms with Crippen molar-refractivity contribution < 1.29 is 42.9 Å². The van der Waals surface area contributed by atoms with Crippen molar-refractivity contribution in [3.05, 3.63) is 122 Å². The predicted molar refractivity (Wildman–Crippen MR) is 347 cm³/mol. The van der Waals surface area contributed by atoms with E-state index in [4.69, 9.17) is 18.9 Å². The van der Waals surface area contributed by atoms with Gasteiger partial charge in [-0.15, -0.1) is 0 Å². The minimum absolute atomic E-state index is 0.142. The number of nitrogens with zero attached hydrogens (tertiary/aromatic N) is 1. The third kappa shape index (κ3) is 63.3. The molecule has 0 aliphatic rings. The lowest BCUT2D eigenvalue weighted by atomic mass is 10.0. The molecule has 0 bridgehead atoms. The van der Waals surface area contributed by atoms with E-state index in [1.54, 1.807) is 0 Å². The van der Waals surface area contributed by atoms with Crippen LogP contribution in [0.15, 0.2) is 122 Å². The van der Waals surface area contributed by atoms with Crippen LogP contribution in [0.5, 0.6) is 0 Å². The first kappa shape index (κ1) is 77.7. The molecule has 0 saturated heterocycles. The smallest absolute Gasteiger partial charge is 0.306 e. The largest absolute Gasteiger partial charge is 0.545 e. The molecule has 0 aliphatic carbocycles. The Morgan fingerprint density at radius 3 is 1.04 bits per heavy atom. The molecular formula is C73H123NO8. The molecule has 0 aromatic heterocycles. The first-order valence-corrected chi connectivity index (χ1v) is 33.2. The van der Waals surface area contributed by atoms with Crippen LogP contribution >= 0.6 is 0 Å². The fourth-order valence-electron chi connectivity index (χ4n) is 8.88. The highest BCUT2D eigenvalue weighted by molar-refractivity contribution is 5.70. The average Bonchev–Trinajstić information content (AvgIpc) is 3.45. The minimum atomic E-state index is -1.63. The van der Waals surface area contributed by atoms with Gasteiger partial charge in [-0.05, 0) is 109 Å². The molecule has 9 heteroatoms. The normalized spacial score (nSPS) is 13.5. The van der Waals surface area contributed by atoms with E-state index in [2.05, 4.69) is 135 Å². The Hall–Kier alpha value is -4.31. The van der Waals surface area contributed by atoms with E-state index in [0.29, 0.717) is 17.4 Å². The van der Waals surface area contributed by atoms with E-state index >= 15 is 0 Å². The van der Waals surface area contributed by atoms with E-state index < -0.39 is 24.3 Å². The molecule has 0 spiro atoms. The van der Waals surface area contributed by atoms with E-state index in [1.807, 2.05) is 21.1 Å². The maximum absolute atomic E-state index is 12.9. The summed E-state index contributed by atoms with van der Waals surface area (Å²) in [7, 11) is 5.92. The molecule has 2 atom stereocenters. The van der Waals surface area contributed by atoms with E-state index in [-0.39, 0.29) is 38.6 Å². The van der Waals surface area contributed by atoms with Gasteiger partial charge in [0.15, 0.2) is 12.4 Å². The molecule has 0 amide bonds. The zero-order valence-corrected chi connectivity index (χ0v) is 53.3. The van der Waals surface area contributed by atoms with Gasteiger partial charge >= 0.3 is 11.9 Å². The van der Waals surface area contributed by atoms with Crippen LogP contribution < -0.4 is 5.11 Å². The van der Waals surface area contributed by atoms with Gasteiger partial charge in [0, 0.05) is 12.8 Å². The molecule has 0 heterocycles. The van der Waals surface area contributed by atoms with Gasteiger partial charge in [0.25, 0.3) is 0 Å². The number of carbonyl (C=O) groups is 3. The summed E-state index contributed by atoms with van der Waals surface area (Å²) in [6, 6.07) is 0. The highest BCUT2D eigenvalue weighted by atomic mass is 16.7. The molecule has 468 valence electrons. The van der Waals surface area contributed by atoms with E-state index in [0.717, 1.165) is 109 Å². The number of carbonyl (C=O) groups excluding carboxylic acids is 3. The Labute approximate surface area is 504 Å². The number of likely N-dealkylation sites (N-methyl/N-ethyl adjacent to an activating group) is 1. The van der Waals surface area contributed by atoms with Crippen molar-refractivity contribution >= 4 is 17.9 Å². The summed E-state index contributed by atoms with van der Waals surface area (Å²) >= 11 is 0. The fraction of sp³-hybridized carbons (Fsp3) is 0.685. The SMILES string of the molecule is CC/C=C\C/C=C\C/C=C\C/C=C\C/C=C\C/C=C\C/C=C\C/C=C\CCCCCCCCCCCCCCCCC(=O)OC(COC(=O)CCCCCCCCC/C=C\C/C=C\CCCCCC)COC(OCC[N+](C)(C)C)C(=O)[O-]. The summed E-state index contributed by atoms with van der Waals surface area (Å²) < 4.78 is 22.7. The summed E-state index contributed by atoms with van der Waals surface area (Å²) in [6.45, 7) is 4.61. The maximum Gasteiger partial charge on any atom is 0.306 e. The highest BCUT2D eigenvalue weighted by Gasteiger charge is 2.22. The lowest BCUT2D eigenvalue weighted by molar-refractivity contribution is -0.870. The summed E-state index contributed by atoms with van der Waals surface area (Å²) in [5.41, 5.74) is 0. The van der Waals surface area contributed by atoms with Crippen molar-refractivity contribution in [1.29, 1.82) is 0 Å². The van der Waals surface area contributed by atoms with Gasteiger partial charge < -0.3 is 33.3 Å². The number of carboxylic acids is 1. The van der Waals surface area contributed by atoms with Gasteiger partial charge in [-0.2, -0.15) is 0 Å². The van der Waals surface area contributed by atoms with Crippen molar-refractivity contribution in [2.24, 2.45) is 0 Å². The van der Waals surface area contributed by atoms with Gasteiger partial charge in [-0.1, -0.05) is 264 Å². The maximum atomic E-state index is 12.9. The zero-order valence-electron chi connectivity index (χ0n) is 53.3. The molecule has 0 saturated carbocycles. The van der Waals surface area contributed by atoms with Crippen molar-refractivity contribution in [3.63, 3.8) is 0 Å². The number of hydrogen-bond acceptors (Lipinski definition) is 8. The lowest BCUT2D eigenvalue weighted by Gasteiger charge is -2.26. The Morgan fingerprint density at radius 1 is 0.378 bits per heavy atom. The molecule has 0 aromatic rings. The second kappa shape index (κ2) is 62.7. The number of unbranched alkanes of at least 4 members (excludes halogenated alkanes) is 25. The van der Waals surface area contributed by atoms with Crippen LogP contribution in [0.3, 0.4) is 0 Å². The molecule has 82 heavy (non-hydrogen) atoms. The Kier molecular flexibility index (Phi) is 59.4. The number of aliphatic carboxylic acids is 1. The third-order valence-electron chi connectivity index (χ3n) is 13.9. The third-order valence-corrected chi connectivity index (χ3v) is 13.9.